The lowest BCUT2D eigenvalue weighted by Gasteiger charge is -2.11. The summed E-state index contributed by atoms with van der Waals surface area (Å²) < 4.78 is 4.69. The van der Waals surface area contributed by atoms with Crippen LogP contribution in [-0.2, 0) is 9.53 Å². The highest BCUT2D eigenvalue weighted by Gasteiger charge is 1.96. The van der Waals surface area contributed by atoms with Crippen LogP contribution in [0, 0.1) is 0 Å². The summed E-state index contributed by atoms with van der Waals surface area (Å²) in [5.74, 6) is -0.448. The van der Waals surface area contributed by atoms with E-state index in [9.17, 15) is 4.79 Å². The maximum atomic E-state index is 11.1. The summed E-state index contributed by atoms with van der Waals surface area (Å²) >= 11 is 0. The van der Waals surface area contributed by atoms with Crippen LogP contribution in [0.1, 0.15) is 5.56 Å². The number of ether oxygens (including phenoxy) is 1. The normalized spacial score (nSPS) is 10.5. The fourth-order valence-electron chi connectivity index (χ4n) is 1.24. The quantitative estimate of drug-likeness (QED) is 0.617. The fraction of sp³-hybridized carbons (Fsp3) is 0.308. The van der Waals surface area contributed by atoms with E-state index in [1.54, 1.807) is 6.08 Å². The van der Waals surface area contributed by atoms with E-state index in [1.165, 1.54) is 6.08 Å². The predicted molar refractivity (Wildman–Crippen MR) is 67.8 cm³/mol. The highest BCUT2D eigenvalue weighted by Crippen LogP contribution is 2.13. The largest absolute Gasteiger partial charge is 0.460 e. The van der Waals surface area contributed by atoms with Crippen molar-refractivity contribution >= 4 is 17.7 Å². The van der Waals surface area contributed by atoms with Crippen molar-refractivity contribution in [3.63, 3.8) is 0 Å². The number of anilines is 1. The third kappa shape index (κ3) is 4.70. The van der Waals surface area contributed by atoms with Crippen molar-refractivity contribution in [2.45, 2.75) is 0 Å². The molecule has 4 nitrogen and oxygen atoms in total. The van der Waals surface area contributed by atoms with Gasteiger partial charge < -0.3 is 14.7 Å². The van der Waals surface area contributed by atoms with Gasteiger partial charge in [-0.3, -0.25) is 0 Å². The van der Waals surface area contributed by atoms with Crippen molar-refractivity contribution < 1.29 is 14.6 Å². The second kappa shape index (κ2) is 6.70. The number of rotatable bonds is 5. The summed E-state index contributed by atoms with van der Waals surface area (Å²) in [6.45, 7) is -0.125. The standard InChI is InChI=1S/C13H17NO3/c1-14(2)12-6-3-11(4-7-12)5-8-13(16)17-10-9-15/h3-8,15H,9-10H2,1-2H3. The lowest BCUT2D eigenvalue weighted by atomic mass is 10.2. The number of carbonyl (C=O) groups is 1. The second-order valence-corrected chi connectivity index (χ2v) is 3.71. The summed E-state index contributed by atoms with van der Waals surface area (Å²) in [5, 5.41) is 8.48. The number of esters is 1. The highest BCUT2D eigenvalue weighted by molar-refractivity contribution is 5.87. The molecule has 0 saturated carbocycles. The first kappa shape index (κ1) is 13.3. The molecule has 0 bridgehead atoms. The van der Waals surface area contributed by atoms with Crippen molar-refractivity contribution in [3.8, 4) is 0 Å². The Bertz CT molecular complexity index is 382. The van der Waals surface area contributed by atoms with E-state index in [2.05, 4.69) is 0 Å². The monoisotopic (exact) mass is 235 g/mol. The van der Waals surface area contributed by atoms with Crippen molar-refractivity contribution in [2.24, 2.45) is 0 Å². The van der Waals surface area contributed by atoms with Crippen LogP contribution >= 0.6 is 0 Å². The van der Waals surface area contributed by atoms with Crippen LogP contribution in [0.3, 0.4) is 0 Å². The van der Waals surface area contributed by atoms with Gasteiger partial charge in [-0.2, -0.15) is 0 Å². The third-order valence-corrected chi connectivity index (χ3v) is 2.16. The molecule has 0 spiro atoms. The molecule has 1 aromatic carbocycles. The van der Waals surface area contributed by atoms with Gasteiger partial charge in [0, 0.05) is 25.9 Å². The Balaban J connectivity index is 2.56. The topological polar surface area (TPSA) is 49.8 Å². The molecular formula is C13H17NO3. The highest BCUT2D eigenvalue weighted by atomic mass is 16.5. The summed E-state index contributed by atoms with van der Waals surface area (Å²) in [5.41, 5.74) is 2.03. The zero-order chi connectivity index (χ0) is 12.7. The van der Waals surface area contributed by atoms with E-state index in [1.807, 2.05) is 43.3 Å². The number of hydrogen-bond acceptors (Lipinski definition) is 4. The van der Waals surface area contributed by atoms with E-state index in [-0.39, 0.29) is 13.2 Å². The summed E-state index contributed by atoms with van der Waals surface area (Å²) in [6.07, 6.45) is 3.03. The molecule has 1 N–H and O–H groups in total. The summed E-state index contributed by atoms with van der Waals surface area (Å²) in [7, 11) is 3.94. The third-order valence-electron chi connectivity index (χ3n) is 2.16. The minimum atomic E-state index is -0.448. The average Bonchev–Trinajstić information content (AvgIpc) is 2.34. The lowest BCUT2D eigenvalue weighted by Crippen LogP contribution is -2.08. The van der Waals surface area contributed by atoms with Crippen molar-refractivity contribution in [1.29, 1.82) is 0 Å². The molecule has 0 saturated heterocycles. The second-order valence-electron chi connectivity index (χ2n) is 3.71. The molecule has 0 amide bonds. The van der Waals surface area contributed by atoms with Gasteiger partial charge in [-0.15, -0.1) is 0 Å². The molecule has 0 unspecified atom stereocenters. The maximum Gasteiger partial charge on any atom is 0.330 e. The van der Waals surface area contributed by atoms with Crippen LogP contribution in [0.2, 0.25) is 0 Å². The lowest BCUT2D eigenvalue weighted by molar-refractivity contribution is -0.138. The van der Waals surface area contributed by atoms with E-state index in [0.29, 0.717) is 0 Å². The first-order valence-corrected chi connectivity index (χ1v) is 5.36. The Morgan fingerprint density at radius 1 is 1.35 bits per heavy atom. The Morgan fingerprint density at radius 2 is 2.00 bits per heavy atom. The van der Waals surface area contributed by atoms with Gasteiger partial charge in [-0.05, 0) is 23.8 Å². The molecule has 0 aliphatic rings. The zero-order valence-electron chi connectivity index (χ0n) is 10.1. The molecule has 17 heavy (non-hydrogen) atoms. The van der Waals surface area contributed by atoms with Crippen LogP contribution in [0.25, 0.3) is 6.08 Å². The first-order chi connectivity index (χ1) is 8.13. The maximum absolute atomic E-state index is 11.1. The van der Waals surface area contributed by atoms with Gasteiger partial charge in [0.25, 0.3) is 0 Å². The Morgan fingerprint density at radius 3 is 2.53 bits per heavy atom. The zero-order valence-corrected chi connectivity index (χ0v) is 10.1. The molecule has 1 aromatic rings. The van der Waals surface area contributed by atoms with Gasteiger partial charge >= 0.3 is 5.97 Å². The Hall–Kier alpha value is -1.81. The number of aliphatic hydroxyl groups is 1. The molecule has 0 atom stereocenters. The summed E-state index contributed by atoms with van der Waals surface area (Å²) in [6, 6.07) is 7.79. The molecule has 4 heteroatoms. The van der Waals surface area contributed by atoms with E-state index in [4.69, 9.17) is 9.84 Å². The molecule has 0 aliphatic heterocycles. The van der Waals surface area contributed by atoms with Gasteiger partial charge in [0.05, 0.1) is 6.61 Å². The molecule has 0 heterocycles. The molecule has 0 fully saturated rings. The molecule has 1 rings (SSSR count). The van der Waals surface area contributed by atoms with Gasteiger partial charge in [-0.25, -0.2) is 4.79 Å². The van der Waals surface area contributed by atoms with Gasteiger partial charge in [0.1, 0.15) is 6.61 Å². The van der Waals surface area contributed by atoms with Gasteiger partial charge in [0.15, 0.2) is 0 Å². The Labute approximate surface area is 101 Å². The van der Waals surface area contributed by atoms with Crippen LogP contribution in [0.15, 0.2) is 30.3 Å². The van der Waals surface area contributed by atoms with Gasteiger partial charge in [0.2, 0.25) is 0 Å². The first-order valence-electron chi connectivity index (χ1n) is 5.36. The summed E-state index contributed by atoms with van der Waals surface area (Å²) in [4.78, 5) is 13.1. The molecule has 0 aliphatic carbocycles. The SMILES string of the molecule is CN(C)c1ccc(C=CC(=O)OCCO)cc1. The van der Waals surface area contributed by atoms with Crippen molar-refractivity contribution in [2.75, 3.05) is 32.2 Å². The van der Waals surface area contributed by atoms with E-state index >= 15 is 0 Å². The smallest absolute Gasteiger partial charge is 0.330 e. The van der Waals surface area contributed by atoms with Crippen LogP contribution in [0.4, 0.5) is 5.69 Å². The molecule has 92 valence electrons. The minimum absolute atomic E-state index is 0.0305. The van der Waals surface area contributed by atoms with E-state index < -0.39 is 5.97 Å². The molecule has 0 aromatic heterocycles. The Kier molecular flexibility index (Phi) is 5.23. The van der Waals surface area contributed by atoms with Crippen LogP contribution in [0.5, 0.6) is 0 Å². The van der Waals surface area contributed by atoms with Crippen LogP contribution < -0.4 is 4.90 Å². The number of aliphatic hydroxyl groups excluding tert-OH is 1. The number of carbonyl (C=O) groups excluding carboxylic acids is 1. The predicted octanol–water partition coefficient (Wildman–Crippen LogP) is 1.30. The van der Waals surface area contributed by atoms with Crippen molar-refractivity contribution in [3.05, 3.63) is 35.9 Å². The number of hydrogen-bond donors (Lipinski definition) is 1. The number of benzene rings is 1. The van der Waals surface area contributed by atoms with Crippen LogP contribution in [-0.4, -0.2) is 38.4 Å². The minimum Gasteiger partial charge on any atom is -0.460 e. The molecular weight excluding hydrogens is 218 g/mol. The van der Waals surface area contributed by atoms with E-state index in [0.717, 1.165) is 11.3 Å². The fourth-order valence-corrected chi connectivity index (χ4v) is 1.24. The average molecular weight is 235 g/mol. The number of nitrogens with zero attached hydrogens (tertiary/aromatic N) is 1. The molecule has 0 radical (unpaired) electrons. The van der Waals surface area contributed by atoms with Crippen molar-refractivity contribution in [1.82, 2.24) is 0 Å². The van der Waals surface area contributed by atoms with Gasteiger partial charge in [-0.1, -0.05) is 12.1 Å².